The third-order valence-corrected chi connectivity index (χ3v) is 3.02. The van der Waals surface area contributed by atoms with E-state index >= 15 is 0 Å². The molecular weight excluding hydrogens is 250 g/mol. The molecule has 0 saturated carbocycles. The summed E-state index contributed by atoms with van der Waals surface area (Å²) in [5.74, 6) is -0.781. The maximum absolute atomic E-state index is 11.5. The van der Waals surface area contributed by atoms with E-state index in [0.717, 1.165) is 12.8 Å². The minimum atomic E-state index is -0.754. The van der Waals surface area contributed by atoms with E-state index in [-0.39, 0.29) is 30.8 Å². The van der Waals surface area contributed by atoms with Gasteiger partial charge in [-0.15, -0.1) is 0 Å². The molecular formula is C13H23NO5. The van der Waals surface area contributed by atoms with Crippen LogP contribution in [0.2, 0.25) is 0 Å². The molecule has 6 nitrogen and oxygen atoms in total. The number of esters is 1. The van der Waals surface area contributed by atoms with Crippen LogP contribution in [0, 0.1) is 0 Å². The van der Waals surface area contributed by atoms with Crippen LogP contribution >= 0.6 is 0 Å². The third kappa shape index (κ3) is 5.57. The van der Waals surface area contributed by atoms with Crippen molar-refractivity contribution in [1.29, 1.82) is 0 Å². The molecule has 0 spiro atoms. The molecule has 19 heavy (non-hydrogen) atoms. The van der Waals surface area contributed by atoms with Crippen molar-refractivity contribution in [3.8, 4) is 0 Å². The zero-order valence-corrected chi connectivity index (χ0v) is 12.0. The summed E-state index contributed by atoms with van der Waals surface area (Å²) in [7, 11) is 1.29. The van der Waals surface area contributed by atoms with Crippen LogP contribution in [0.5, 0.6) is 0 Å². The highest BCUT2D eigenvalue weighted by Crippen LogP contribution is 2.21. The van der Waals surface area contributed by atoms with Crippen molar-refractivity contribution in [3.63, 3.8) is 0 Å². The molecule has 3 atom stereocenters. The Kier molecular flexibility index (Phi) is 6.24. The molecule has 0 aliphatic carbocycles. The minimum Gasteiger partial charge on any atom is -0.467 e. The van der Waals surface area contributed by atoms with Crippen molar-refractivity contribution in [2.45, 2.75) is 58.0 Å². The summed E-state index contributed by atoms with van der Waals surface area (Å²) in [6.45, 7) is 5.47. The Labute approximate surface area is 113 Å². The van der Waals surface area contributed by atoms with Gasteiger partial charge in [-0.3, -0.25) is 4.79 Å². The first-order valence-corrected chi connectivity index (χ1v) is 6.54. The standard InChI is InChI=1S/C13H23NO5/c1-8-5-11(6-9(2)19-8)18-7-12(13(16)17-4)14-10(3)15/h8-9,11-12H,5-7H2,1-4H3,(H,14,15). The van der Waals surface area contributed by atoms with Gasteiger partial charge in [0.2, 0.25) is 5.91 Å². The van der Waals surface area contributed by atoms with Crippen molar-refractivity contribution < 1.29 is 23.8 Å². The van der Waals surface area contributed by atoms with Gasteiger partial charge in [-0.25, -0.2) is 4.79 Å². The average molecular weight is 273 g/mol. The van der Waals surface area contributed by atoms with Crippen LogP contribution in [-0.4, -0.2) is 49.9 Å². The fourth-order valence-corrected chi connectivity index (χ4v) is 2.27. The van der Waals surface area contributed by atoms with Crippen molar-refractivity contribution in [1.82, 2.24) is 5.32 Å². The molecule has 0 radical (unpaired) electrons. The fourth-order valence-electron chi connectivity index (χ4n) is 2.27. The van der Waals surface area contributed by atoms with Crippen LogP contribution in [0.15, 0.2) is 0 Å². The number of nitrogens with one attached hydrogen (secondary N) is 1. The normalized spacial score (nSPS) is 28.5. The van der Waals surface area contributed by atoms with Crippen LogP contribution in [0.3, 0.4) is 0 Å². The van der Waals surface area contributed by atoms with Gasteiger partial charge in [0.15, 0.2) is 6.04 Å². The van der Waals surface area contributed by atoms with Crippen molar-refractivity contribution in [2.75, 3.05) is 13.7 Å². The molecule has 0 aromatic carbocycles. The molecule has 110 valence electrons. The topological polar surface area (TPSA) is 73.9 Å². The van der Waals surface area contributed by atoms with Gasteiger partial charge < -0.3 is 19.5 Å². The van der Waals surface area contributed by atoms with E-state index in [0.29, 0.717) is 0 Å². The van der Waals surface area contributed by atoms with Gasteiger partial charge in [0, 0.05) is 6.92 Å². The van der Waals surface area contributed by atoms with E-state index in [2.05, 4.69) is 10.1 Å². The number of carbonyl (C=O) groups excluding carboxylic acids is 2. The molecule has 6 heteroatoms. The second-order valence-corrected chi connectivity index (χ2v) is 4.96. The maximum atomic E-state index is 11.5. The fraction of sp³-hybridized carbons (Fsp3) is 0.846. The van der Waals surface area contributed by atoms with Gasteiger partial charge >= 0.3 is 5.97 Å². The largest absolute Gasteiger partial charge is 0.467 e. The Morgan fingerprint density at radius 3 is 2.37 bits per heavy atom. The lowest BCUT2D eigenvalue weighted by Gasteiger charge is -2.32. The Morgan fingerprint density at radius 2 is 1.89 bits per heavy atom. The third-order valence-electron chi connectivity index (χ3n) is 3.02. The van der Waals surface area contributed by atoms with Crippen LogP contribution in [0.1, 0.15) is 33.6 Å². The summed E-state index contributed by atoms with van der Waals surface area (Å²) in [5.41, 5.74) is 0. The van der Waals surface area contributed by atoms with Gasteiger partial charge in [-0.2, -0.15) is 0 Å². The highest BCUT2D eigenvalue weighted by molar-refractivity contribution is 5.83. The van der Waals surface area contributed by atoms with E-state index in [1.54, 1.807) is 0 Å². The number of methoxy groups -OCH3 is 1. The molecule has 1 saturated heterocycles. The van der Waals surface area contributed by atoms with Gasteiger partial charge in [-0.05, 0) is 26.7 Å². The van der Waals surface area contributed by atoms with Crippen LogP contribution < -0.4 is 5.32 Å². The average Bonchev–Trinajstić information content (AvgIpc) is 2.31. The Bertz CT molecular complexity index is 310. The van der Waals surface area contributed by atoms with E-state index < -0.39 is 12.0 Å². The summed E-state index contributed by atoms with van der Waals surface area (Å²) >= 11 is 0. The van der Waals surface area contributed by atoms with Crippen LogP contribution in [-0.2, 0) is 23.8 Å². The van der Waals surface area contributed by atoms with E-state index in [4.69, 9.17) is 9.47 Å². The summed E-state index contributed by atoms with van der Waals surface area (Å²) in [6.07, 6.45) is 1.91. The van der Waals surface area contributed by atoms with Crippen LogP contribution in [0.25, 0.3) is 0 Å². The second-order valence-electron chi connectivity index (χ2n) is 4.96. The van der Waals surface area contributed by atoms with Crippen LogP contribution in [0.4, 0.5) is 0 Å². The summed E-state index contributed by atoms with van der Waals surface area (Å²) in [6, 6.07) is -0.754. The lowest BCUT2D eigenvalue weighted by atomic mass is 10.0. The molecule has 0 aromatic rings. The lowest BCUT2D eigenvalue weighted by Crippen LogP contribution is -2.45. The number of amides is 1. The summed E-state index contributed by atoms with van der Waals surface area (Å²) in [4.78, 5) is 22.5. The number of hydrogen-bond donors (Lipinski definition) is 1. The predicted octanol–water partition coefficient (Wildman–Crippen LogP) is 0.637. The van der Waals surface area contributed by atoms with E-state index in [9.17, 15) is 9.59 Å². The molecule has 0 aromatic heterocycles. The molecule has 0 bridgehead atoms. The maximum Gasteiger partial charge on any atom is 0.330 e. The SMILES string of the molecule is COC(=O)C(COC1CC(C)OC(C)C1)NC(C)=O. The molecule has 1 rings (SSSR count). The second kappa shape index (κ2) is 7.45. The number of rotatable bonds is 5. The highest BCUT2D eigenvalue weighted by Gasteiger charge is 2.27. The zero-order valence-electron chi connectivity index (χ0n) is 12.0. The van der Waals surface area contributed by atoms with Gasteiger partial charge in [-0.1, -0.05) is 0 Å². The Hall–Kier alpha value is -1.14. The first kappa shape index (κ1) is 15.9. The van der Waals surface area contributed by atoms with Gasteiger partial charge in [0.25, 0.3) is 0 Å². The van der Waals surface area contributed by atoms with E-state index in [1.165, 1.54) is 14.0 Å². The summed E-state index contributed by atoms with van der Waals surface area (Å²) < 4.78 is 16.0. The summed E-state index contributed by atoms with van der Waals surface area (Å²) in [5, 5.41) is 2.52. The number of hydrogen-bond acceptors (Lipinski definition) is 5. The molecule has 1 N–H and O–H groups in total. The minimum absolute atomic E-state index is 0.0414. The monoisotopic (exact) mass is 273 g/mol. The first-order chi connectivity index (χ1) is 8.92. The molecule has 1 aliphatic rings. The highest BCUT2D eigenvalue weighted by atomic mass is 16.5. The first-order valence-electron chi connectivity index (χ1n) is 6.54. The van der Waals surface area contributed by atoms with Crippen molar-refractivity contribution >= 4 is 11.9 Å². The number of ether oxygens (including phenoxy) is 3. The smallest absolute Gasteiger partial charge is 0.330 e. The quantitative estimate of drug-likeness (QED) is 0.744. The molecule has 1 heterocycles. The van der Waals surface area contributed by atoms with Crippen molar-refractivity contribution in [3.05, 3.63) is 0 Å². The molecule has 1 fully saturated rings. The predicted molar refractivity (Wildman–Crippen MR) is 68.6 cm³/mol. The van der Waals surface area contributed by atoms with Crippen molar-refractivity contribution in [2.24, 2.45) is 0 Å². The van der Waals surface area contributed by atoms with E-state index in [1.807, 2.05) is 13.8 Å². The zero-order chi connectivity index (χ0) is 14.4. The molecule has 1 aliphatic heterocycles. The number of carbonyl (C=O) groups is 2. The Balaban J connectivity index is 2.46. The van der Waals surface area contributed by atoms with Gasteiger partial charge in [0.05, 0.1) is 32.0 Å². The van der Waals surface area contributed by atoms with Gasteiger partial charge in [0.1, 0.15) is 0 Å². The molecule has 1 amide bonds. The molecule has 3 unspecified atom stereocenters. The Morgan fingerprint density at radius 1 is 1.32 bits per heavy atom. The lowest BCUT2D eigenvalue weighted by molar-refractivity contribution is -0.149.